The molecule has 78 valence electrons. The van der Waals surface area contributed by atoms with Crippen molar-refractivity contribution in [1.82, 2.24) is 4.98 Å². The molecule has 0 amide bonds. The Morgan fingerprint density at radius 1 is 1.73 bits per heavy atom. The predicted octanol–water partition coefficient (Wildman–Crippen LogP) is 1.36. The maximum absolute atomic E-state index is 10.8. The fourth-order valence-electron chi connectivity index (χ4n) is 0.953. The third kappa shape index (κ3) is 3.60. The van der Waals surface area contributed by atoms with Crippen LogP contribution in [0.4, 0.5) is 0 Å². The summed E-state index contributed by atoms with van der Waals surface area (Å²) in [5.41, 5.74) is 1.44. The maximum Gasteiger partial charge on any atom is 0.315 e. The van der Waals surface area contributed by atoms with Gasteiger partial charge >= 0.3 is 5.97 Å². The average Bonchev–Trinajstić information content (AvgIpc) is 2.29. The number of ether oxygens (including phenoxy) is 1. The summed E-state index contributed by atoms with van der Waals surface area (Å²) >= 11 is 1.42. The number of hydrogen-bond donors (Lipinski definition) is 0. The number of pyridine rings is 1. The fourth-order valence-corrected chi connectivity index (χ4v) is 1.81. The van der Waals surface area contributed by atoms with Crippen molar-refractivity contribution in [3.05, 3.63) is 29.6 Å². The molecule has 0 saturated heterocycles. The third-order valence-corrected chi connectivity index (χ3v) is 2.69. The summed E-state index contributed by atoms with van der Waals surface area (Å²) in [6.45, 7) is 0. The quantitative estimate of drug-likeness (QED) is 0.720. The zero-order chi connectivity index (χ0) is 11.1. The van der Waals surface area contributed by atoms with Crippen molar-refractivity contribution < 1.29 is 9.53 Å². The van der Waals surface area contributed by atoms with Crippen molar-refractivity contribution in [1.29, 1.82) is 5.26 Å². The third-order valence-electron chi connectivity index (χ3n) is 1.74. The Bertz CT molecular complexity index is 387. The van der Waals surface area contributed by atoms with Gasteiger partial charge in [0.25, 0.3) is 0 Å². The van der Waals surface area contributed by atoms with E-state index in [0.29, 0.717) is 17.1 Å². The van der Waals surface area contributed by atoms with Crippen LogP contribution < -0.4 is 0 Å². The molecule has 0 spiro atoms. The Kier molecular flexibility index (Phi) is 4.64. The van der Waals surface area contributed by atoms with E-state index in [0.717, 1.165) is 5.56 Å². The molecule has 0 aliphatic carbocycles. The zero-order valence-corrected chi connectivity index (χ0v) is 9.08. The molecule has 0 atom stereocenters. The van der Waals surface area contributed by atoms with Crippen LogP contribution in [0.2, 0.25) is 0 Å². The smallest absolute Gasteiger partial charge is 0.315 e. The molecule has 0 aliphatic heterocycles. The van der Waals surface area contributed by atoms with Gasteiger partial charge in [0, 0.05) is 18.1 Å². The van der Waals surface area contributed by atoms with Crippen molar-refractivity contribution in [2.75, 3.05) is 12.9 Å². The van der Waals surface area contributed by atoms with Crippen molar-refractivity contribution in [2.24, 2.45) is 0 Å². The first-order valence-electron chi connectivity index (χ1n) is 4.25. The van der Waals surface area contributed by atoms with Crippen LogP contribution in [0.1, 0.15) is 11.1 Å². The van der Waals surface area contributed by atoms with Crippen LogP contribution in [0.5, 0.6) is 0 Å². The lowest BCUT2D eigenvalue weighted by Gasteiger charge is -2.02. The Balaban J connectivity index is 2.51. The molecule has 0 aromatic carbocycles. The average molecular weight is 222 g/mol. The second kappa shape index (κ2) is 6.04. The summed E-state index contributed by atoms with van der Waals surface area (Å²) in [5, 5.41) is 8.78. The lowest BCUT2D eigenvalue weighted by molar-refractivity contribution is -0.137. The molecule has 0 aliphatic rings. The van der Waals surface area contributed by atoms with Crippen LogP contribution in [0.25, 0.3) is 0 Å². The first-order valence-corrected chi connectivity index (χ1v) is 5.41. The van der Waals surface area contributed by atoms with Gasteiger partial charge in [-0.05, 0) is 11.6 Å². The lowest BCUT2D eigenvalue weighted by Crippen LogP contribution is -2.03. The molecule has 5 heteroatoms. The molecule has 0 N–H and O–H groups in total. The molecule has 0 bridgehead atoms. The fraction of sp³-hybridized carbons (Fsp3) is 0.300. The highest BCUT2D eigenvalue weighted by Crippen LogP contribution is 2.14. The van der Waals surface area contributed by atoms with E-state index in [2.05, 4.69) is 15.8 Å². The molecular weight excluding hydrogens is 212 g/mol. The van der Waals surface area contributed by atoms with E-state index in [1.54, 1.807) is 12.3 Å². The molecule has 1 aromatic heterocycles. The number of rotatable bonds is 4. The Morgan fingerprint density at radius 2 is 2.53 bits per heavy atom. The van der Waals surface area contributed by atoms with Crippen molar-refractivity contribution in [3.8, 4) is 6.07 Å². The zero-order valence-electron chi connectivity index (χ0n) is 8.27. The standard InChI is InChI=1S/C10H10N2O2S/c1-14-10(13)7-15-6-8-2-3-12-5-9(8)4-11/h2-3,5H,6-7H2,1H3. The van der Waals surface area contributed by atoms with Crippen molar-refractivity contribution in [2.45, 2.75) is 5.75 Å². The highest BCUT2D eigenvalue weighted by atomic mass is 32.2. The van der Waals surface area contributed by atoms with Crippen molar-refractivity contribution in [3.63, 3.8) is 0 Å². The molecule has 15 heavy (non-hydrogen) atoms. The van der Waals surface area contributed by atoms with E-state index >= 15 is 0 Å². The number of thioether (sulfide) groups is 1. The Morgan fingerprint density at radius 3 is 3.20 bits per heavy atom. The SMILES string of the molecule is COC(=O)CSCc1ccncc1C#N. The summed E-state index contributed by atoms with van der Waals surface area (Å²) in [4.78, 5) is 14.7. The number of nitrogens with zero attached hydrogens (tertiary/aromatic N) is 2. The Labute approximate surface area is 92.3 Å². The highest BCUT2D eigenvalue weighted by molar-refractivity contribution is 7.99. The minimum atomic E-state index is -0.257. The van der Waals surface area contributed by atoms with Crippen LogP contribution in [-0.2, 0) is 15.3 Å². The molecule has 0 saturated carbocycles. The van der Waals surface area contributed by atoms with Gasteiger partial charge in [-0.15, -0.1) is 11.8 Å². The predicted molar refractivity (Wildman–Crippen MR) is 57.1 cm³/mol. The number of carbonyl (C=O) groups excluding carboxylic acids is 1. The number of carbonyl (C=O) groups is 1. The summed E-state index contributed by atoms with van der Waals surface area (Å²) in [5.74, 6) is 0.650. The normalized spacial score (nSPS) is 9.33. The minimum Gasteiger partial charge on any atom is -0.468 e. The topological polar surface area (TPSA) is 63.0 Å². The second-order valence-corrected chi connectivity index (χ2v) is 3.70. The van der Waals surface area contributed by atoms with Gasteiger partial charge in [0.15, 0.2) is 0 Å². The number of hydrogen-bond acceptors (Lipinski definition) is 5. The highest BCUT2D eigenvalue weighted by Gasteiger charge is 2.04. The van der Waals surface area contributed by atoms with E-state index in [1.165, 1.54) is 25.1 Å². The van der Waals surface area contributed by atoms with Crippen LogP contribution >= 0.6 is 11.8 Å². The summed E-state index contributed by atoms with van der Waals surface area (Å²) in [6.07, 6.45) is 3.16. The minimum absolute atomic E-state index is 0.257. The van der Waals surface area contributed by atoms with Gasteiger partial charge in [0.2, 0.25) is 0 Å². The summed E-state index contributed by atoms with van der Waals surface area (Å²) in [6, 6.07) is 3.84. The molecule has 1 heterocycles. The van der Waals surface area contributed by atoms with Crippen LogP contribution in [-0.4, -0.2) is 23.8 Å². The van der Waals surface area contributed by atoms with E-state index in [-0.39, 0.29) is 5.97 Å². The van der Waals surface area contributed by atoms with Crippen molar-refractivity contribution >= 4 is 17.7 Å². The van der Waals surface area contributed by atoms with Gasteiger partial charge in [0.05, 0.1) is 18.4 Å². The van der Waals surface area contributed by atoms with Gasteiger partial charge in [-0.25, -0.2) is 0 Å². The van der Waals surface area contributed by atoms with E-state index < -0.39 is 0 Å². The maximum atomic E-state index is 10.8. The van der Waals surface area contributed by atoms with E-state index in [1.807, 2.05) is 0 Å². The van der Waals surface area contributed by atoms with Gasteiger partial charge in [-0.1, -0.05) is 0 Å². The molecule has 4 nitrogen and oxygen atoms in total. The first-order chi connectivity index (χ1) is 7.27. The molecule has 0 unspecified atom stereocenters. The van der Waals surface area contributed by atoms with Crippen LogP contribution in [0.3, 0.4) is 0 Å². The number of nitriles is 1. The van der Waals surface area contributed by atoms with Gasteiger partial charge < -0.3 is 4.74 Å². The molecular formula is C10H10N2O2S. The molecule has 1 aromatic rings. The number of esters is 1. The molecule has 0 radical (unpaired) electrons. The lowest BCUT2D eigenvalue weighted by atomic mass is 10.2. The first kappa shape index (κ1) is 11.5. The number of aromatic nitrogens is 1. The summed E-state index contributed by atoms with van der Waals surface area (Å²) < 4.78 is 4.51. The van der Waals surface area contributed by atoms with Gasteiger partial charge in [-0.2, -0.15) is 5.26 Å². The molecule has 0 fully saturated rings. The van der Waals surface area contributed by atoms with Gasteiger partial charge in [-0.3, -0.25) is 9.78 Å². The van der Waals surface area contributed by atoms with E-state index in [4.69, 9.17) is 5.26 Å². The largest absolute Gasteiger partial charge is 0.468 e. The Hall–Kier alpha value is -1.54. The summed E-state index contributed by atoms with van der Waals surface area (Å²) in [7, 11) is 1.36. The van der Waals surface area contributed by atoms with Crippen LogP contribution in [0.15, 0.2) is 18.5 Å². The number of methoxy groups -OCH3 is 1. The van der Waals surface area contributed by atoms with E-state index in [9.17, 15) is 4.79 Å². The van der Waals surface area contributed by atoms with Gasteiger partial charge in [0.1, 0.15) is 6.07 Å². The van der Waals surface area contributed by atoms with Crippen LogP contribution in [0, 0.1) is 11.3 Å². The second-order valence-electron chi connectivity index (χ2n) is 2.71. The molecule has 1 rings (SSSR count). The monoisotopic (exact) mass is 222 g/mol.